The fourth-order valence-electron chi connectivity index (χ4n) is 3.99. The van der Waals surface area contributed by atoms with Crippen LogP contribution in [0.4, 0.5) is 0 Å². The molecule has 1 N–H and O–H groups in total. The number of hydrogen-bond acceptors (Lipinski definition) is 2. The Labute approximate surface area is 140 Å². The van der Waals surface area contributed by atoms with E-state index >= 15 is 0 Å². The van der Waals surface area contributed by atoms with Crippen LogP contribution < -0.4 is 5.32 Å². The van der Waals surface area contributed by atoms with Crippen LogP contribution in [0.25, 0.3) is 0 Å². The maximum Gasteiger partial charge on any atom is 0.253 e. The van der Waals surface area contributed by atoms with Gasteiger partial charge >= 0.3 is 0 Å². The van der Waals surface area contributed by atoms with Crippen molar-refractivity contribution < 1.29 is 4.79 Å². The van der Waals surface area contributed by atoms with E-state index in [9.17, 15) is 4.79 Å². The lowest BCUT2D eigenvalue weighted by Gasteiger charge is -2.28. The Kier molecular flexibility index (Phi) is 4.50. The molecule has 2 heterocycles. The second kappa shape index (κ2) is 6.27. The van der Waals surface area contributed by atoms with Crippen LogP contribution in [-0.2, 0) is 5.41 Å². The average molecular weight is 314 g/mol. The van der Waals surface area contributed by atoms with Gasteiger partial charge in [-0.1, -0.05) is 32.9 Å². The lowest BCUT2D eigenvalue weighted by molar-refractivity contribution is 0.0758. The van der Waals surface area contributed by atoms with Crippen molar-refractivity contribution in [2.75, 3.05) is 19.6 Å². The molecule has 3 nitrogen and oxygen atoms in total. The van der Waals surface area contributed by atoms with Gasteiger partial charge in [0.2, 0.25) is 0 Å². The predicted molar refractivity (Wildman–Crippen MR) is 94.9 cm³/mol. The van der Waals surface area contributed by atoms with Gasteiger partial charge < -0.3 is 10.2 Å². The molecule has 2 saturated heterocycles. The lowest BCUT2D eigenvalue weighted by Crippen LogP contribution is -2.41. The van der Waals surface area contributed by atoms with Gasteiger partial charge in [0.1, 0.15) is 0 Å². The topological polar surface area (TPSA) is 32.3 Å². The van der Waals surface area contributed by atoms with Crippen molar-refractivity contribution in [2.45, 2.75) is 63.8 Å². The molecule has 0 saturated carbocycles. The quantitative estimate of drug-likeness (QED) is 0.856. The summed E-state index contributed by atoms with van der Waals surface area (Å²) in [7, 11) is 0. The van der Waals surface area contributed by atoms with Crippen molar-refractivity contribution in [3.05, 3.63) is 35.4 Å². The molecular weight excluding hydrogens is 284 g/mol. The Bertz CT molecular complexity index is 550. The number of amides is 1. The first kappa shape index (κ1) is 16.5. The van der Waals surface area contributed by atoms with Gasteiger partial charge in [-0.2, -0.15) is 0 Å². The Balaban J connectivity index is 1.68. The number of hydrogen-bond donors (Lipinski definition) is 1. The number of nitrogens with one attached hydrogen (secondary N) is 1. The molecule has 0 radical (unpaired) electrons. The van der Waals surface area contributed by atoms with Gasteiger partial charge in [-0.3, -0.25) is 4.79 Å². The van der Waals surface area contributed by atoms with Crippen LogP contribution in [0.1, 0.15) is 68.8 Å². The van der Waals surface area contributed by atoms with Gasteiger partial charge in [0.05, 0.1) is 0 Å². The number of rotatable bonds is 1. The molecule has 1 spiro atoms. The lowest BCUT2D eigenvalue weighted by atomic mass is 9.86. The van der Waals surface area contributed by atoms with E-state index in [1.54, 1.807) is 0 Å². The Morgan fingerprint density at radius 2 is 1.74 bits per heavy atom. The minimum atomic E-state index is 0.130. The van der Waals surface area contributed by atoms with E-state index in [-0.39, 0.29) is 11.3 Å². The molecule has 1 aromatic carbocycles. The number of carbonyl (C=O) groups is 1. The molecule has 2 fully saturated rings. The zero-order valence-electron chi connectivity index (χ0n) is 14.8. The van der Waals surface area contributed by atoms with Gasteiger partial charge in [0.15, 0.2) is 0 Å². The summed E-state index contributed by atoms with van der Waals surface area (Å²) in [5.41, 5.74) is 2.54. The van der Waals surface area contributed by atoms with E-state index in [2.05, 4.69) is 43.1 Å². The van der Waals surface area contributed by atoms with Crippen molar-refractivity contribution in [2.24, 2.45) is 0 Å². The smallest absolute Gasteiger partial charge is 0.253 e. The standard InChI is InChI=1S/C20H30N2O/c1-19(2,3)17-8-6-16(7-9-17)18(23)22-14-5-11-20(12-15-22)10-4-13-21-20/h6-9,21H,4-5,10-15H2,1-3H3. The summed E-state index contributed by atoms with van der Waals surface area (Å²) in [6.45, 7) is 9.52. The highest BCUT2D eigenvalue weighted by molar-refractivity contribution is 5.94. The molecule has 1 atom stereocenters. The average Bonchev–Trinajstić information content (AvgIpc) is 2.87. The predicted octanol–water partition coefficient (Wildman–Crippen LogP) is 3.73. The fraction of sp³-hybridized carbons (Fsp3) is 0.650. The monoisotopic (exact) mass is 314 g/mol. The molecule has 0 bridgehead atoms. The summed E-state index contributed by atoms with van der Waals surface area (Å²) in [4.78, 5) is 14.9. The van der Waals surface area contributed by atoms with E-state index in [0.717, 1.165) is 38.0 Å². The summed E-state index contributed by atoms with van der Waals surface area (Å²) in [6, 6.07) is 8.20. The van der Waals surface area contributed by atoms with Crippen LogP contribution in [0.3, 0.4) is 0 Å². The van der Waals surface area contributed by atoms with Crippen LogP contribution in [0.5, 0.6) is 0 Å². The van der Waals surface area contributed by atoms with Gasteiger partial charge in [-0.25, -0.2) is 0 Å². The van der Waals surface area contributed by atoms with E-state index in [4.69, 9.17) is 0 Å². The Hall–Kier alpha value is -1.35. The second-order valence-electron chi connectivity index (χ2n) is 8.28. The van der Waals surface area contributed by atoms with E-state index in [1.165, 1.54) is 24.8 Å². The molecule has 3 rings (SSSR count). The number of nitrogens with zero attached hydrogens (tertiary/aromatic N) is 1. The van der Waals surface area contributed by atoms with Crippen LogP contribution in [0.15, 0.2) is 24.3 Å². The number of likely N-dealkylation sites (tertiary alicyclic amines) is 1. The zero-order chi connectivity index (χ0) is 16.5. The summed E-state index contributed by atoms with van der Waals surface area (Å²) in [5.74, 6) is 0.195. The molecule has 1 aromatic rings. The molecular formula is C20H30N2O. The van der Waals surface area contributed by atoms with Crippen LogP contribution >= 0.6 is 0 Å². The van der Waals surface area contributed by atoms with E-state index in [0.29, 0.717) is 5.54 Å². The fourth-order valence-corrected chi connectivity index (χ4v) is 3.99. The molecule has 3 heteroatoms. The SMILES string of the molecule is CC(C)(C)c1ccc(C(=O)N2CCCC3(CCCN3)CC2)cc1. The van der Waals surface area contributed by atoms with Gasteiger partial charge in [-0.15, -0.1) is 0 Å². The van der Waals surface area contributed by atoms with Crippen molar-refractivity contribution in [3.8, 4) is 0 Å². The number of carbonyl (C=O) groups excluding carboxylic acids is 1. The highest BCUT2D eigenvalue weighted by atomic mass is 16.2. The Morgan fingerprint density at radius 3 is 2.35 bits per heavy atom. The summed E-state index contributed by atoms with van der Waals surface area (Å²) in [6.07, 6.45) is 5.97. The molecule has 0 aromatic heterocycles. The minimum Gasteiger partial charge on any atom is -0.339 e. The third-order valence-electron chi connectivity index (χ3n) is 5.56. The highest BCUT2D eigenvalue weighted by Gasteiger charge is 2.35. The van der Waals surface area contributed by atoms with Crippen molar-refractivity contribution in [1.82, 2.24) is 10.2 Å². The maximum absolute atomic E-state index is 12.8. The summed E-state index contributed by atoms with van der Waals surface area (Å²) < 4.78 is 0. The van der Waals surface area contributed by atoms with Crippen LogP contribution in [-0.4, -0.2) is 36.0 Å². The van der Waals surface area contributed by atoms with E-state index < -0.39 is 0 Å². The molecule has 2 aliphatic heterocycles. The van der Waals surface area contributed by atoms with Gasteiger partial charge in [-0.05, 0) is 61.8 Å². The molecule has 23 heavy (non-hydrogen) atoms. The largest absolute Gasteiger partial charge is 0.339 e. The van der Waals surface area contributed by atoms with Crippen LogP contribution in [0, 0.1) is 0 Å². The first-order valence-corrected chi connectivity index (χ1v) is 9.05. The first-order chi connectivity index (χ1) is 10.9. The second-order valence-corrected chi connectivity index (χ2v) is 8.28. The molecule has 1 unspecified atom stereocenters. The normalized spacial score (nSPS) is 25.6. The highest BCUT2D eigenvalue weighted by Crippen LogP contribution is 2.31. The van der Waals surface area contributed by atoms with Gasteiger partial charge in [0, 0.05) is 24.2 Å². The minimum absolute atomic E-state index is 0.130. The maximum atomic E-state index is 12.8. The summed E-state index contributed by atoms with van der Waals surface area (Å²) >= 11 is 0. The molecule has 126 valence electrons. The van der Waals surface area contributed by atoms with Crippen molar-refractivity contribution in [3.63, 3.8) is 0 Å². The van der Waals surface area contributed by atoms with E-state index in [1.807, 2.05) is 12.1 Å². The molecule has 1 amide bonds. The molecule has 0 aliphatic carbocycles. The van der Waals surface area contributed by atoms with Gasteiger partial charge in [0.25, 0.3) is 5.91 Å². The summed E-state index contributed by atoms with van der Waals surface area (Å²) in [5, 5.41) is 3.70. The first-order valence-electron chi connectivity index (χ1n) is 9.05. The third-order valence-corrected chi connectivity index (χ3v) is 5.56. The van der Waals surface area contributed by atoms with Crippen molar-refractivity contribution >= 4 is 5.91 Å². The third kappa shape index (κ3) is 3.60. The van der Waals surface area contributed by atoms with Crippen molar-refractivity contribution in [1.29, 1.82) is 0 Å². The van der Waals surface area contributed by atoms with Crippen LogP contribution in [0.2, 0.25) is 0 Å². The zero-order valence-corrected chi connectivity index (χ0v) is 14.8. The molecule has 2 aliphatic rings. The number of benzene rings is 1. The Morgan fingerprint density at radius 1 is 1.04 bits per heavy atom.